The van der Waals surface area contributed by atoms with E-state index in [0.717, 1.165) is 11.4 Å². The molecule has 1 N–H and O–H groups in total. The van der Waals surface area contributed by atoms with E-state index in [-0.39, 0.29) is 12.6 Å². The second-order valence-corrected chi connectivity index (χ2v) is 3.99. The normalized spacial score (nSPS) is 13.5. The molecular formula is C13H26N2O4. The molecule has 0 amide bonds. The summed E-state index contributed by atoms with van der Waals surface area (Å²) in [6, 6.07) is 0. The molecule has 0 rings (SSSR count). The summed E-state index contributed by atoms with van der Waals surface area (Å²) in [5, 5.41) is 3.20. The molecule has 0 fully saturated rings. The van der Waals surface area contributed by atoms with E-state index >= 15 is 0 Å². The van der Waals surface area contributed by atoms with Gasteiger partial charge < -0.3 is 24.3 Å². The molecule has 0 bridgehead atoms. The first kappa shape index (κ1) is 18.0. The topological polar surface area (TPSA) is 61.3 Å². The van der Waals surface area contributed by atoms with Gasteiger partial charge in [-0.1, -0.05) is 0 Å². The summed E-state index contributed by atoms with van der Waals surface area (Å²) in [7, 11) is 6.41. The highest BCUT2D eigenvalue weighted by Crippen LogP contribution is 1.96. The molecule has 0 aromatic heterocycles. The fourth-order valence-corrected chi connectivity index (χ4v) is 1.38. The van der Waals surface area contributed by atoms with Crippen LogP contribution < -0.4 is 5.32 Å². The van der Waals surface area contributed by atoms with Crippen molar-refractivity contribution in [2.24, 2.45) is 4.99 Å². The molecule has 0 aliphatic carbocycles. The van der Waals surface area contributed by atoms with Crippen molar-refractivity contribution in [1.82, 2.24) is 5.32 Å². The van der Waals surface area contributed by atoms with Crippen LogP contribution in [0.5, 0.6) is 0 Å². The minimum Gasteiger partial charge on any atom is -0.383 e. The molecule has 0 radical (unpaired) electrons. The zero-order chi connectivity index (χ0) is 14.7. The summed E-state index contributed by atoms with van der Waals surface area (Å²) in [6.07, 6.45) is 1.39. The monoisotopic (exact) mass is 274 g/mol. The molecule has 0 aliphatic heterocycles. The molecule has 6 nitrogen and oxygen atoms in total. The maximum Gasteiger partial charge on any atom is 0.176 e. The lowest BCUT2D eigenvalue weighted by atomic mass is 10.3. The molecule has 0 aliphatic rings. The van der Waals surface area contributed by atoms with Crippen LogP contribution in [0.15, 0.2) is 16.8 Å². The average molecular weight is 274 g/mol. The van der Waals surface area contributed by atoms with E-state index in [1.54, 1.807) is 28.4 Å². The number of aliphatic imine (C=N–C) groups is 1. The maximum atomic E-state index is 5.09. The largest absolute Gasteiger partial charge is 0.383 e. The molecule has 0 spiro atoms. The van der Waals surface area contributed by atoms with Crippen LogP contribution in [-0.4, -0.2) is 59.8 Å². The second-order valence-electron chi connectivity index (χ2n) is 3.99. The molecule has 0 saturated heterocycles. The van der Waals surface area contributed by atoms with Gasteiger partial charge in [-0.15, -0.1) is 0 Å². The number of ether oxygens (including phenoxy) is 4. The van der Waals surface area contributed by atoms with E-state index in [1.807, 2.05) is 19.9 Å². The summed E-state index contributed by atoms with van der Waals surface area (Å²) >= 11 is 0. The minimum atomic E-state index is -0.303. The van der Waals surface area contributed by atoms with Gasteiger partial charge in [-0.05, 0) is 19.9 Å². The van der Waals surface area contributed by atoms with Gasteiger partial charge in [-0.25, -0.2) is 0 Å². The van der Waals surface area contributed by atoms with Gasteiger partial charge in [-0.3, -0.25) is 4.99 Å². The summed E-state index contributed by atoms with van der Waals surface area (Å²) in [4.78, 5) is 4.36. The van der Waals surface area contributed by atoms with Crippen molar-refractivity contribution in [2.45, 2.75) is 26.4 Å². The molecule has 0 aromatic carbocycles. The Morgan fingerprint density at radius 2 is 1.53 bits per heavy atom. The molecule has 0 heterocycles. The Labute approximate surface area is 115 Å². The average Bonchev–Trinajstić information content (AvgIpc) is 2.41. The number of allylic oxidation sites excluding steroid dienone is 2. The van der Waals surface area contributed by atoms with Crippen molar-refractivity contribution in [2.75, 3.05) is 41.5 Å². The summed E-state index contributed by atoms with van der Waals surface area (Å²) < 4.78 is 20.3. The first-order valence-corrected chi connectivity index (χ1v) is 6.11. The van der Waals surface area contributed by atoms with Gasteiger partial charge in [0.1, 0.15) is 0 Å². The number of nitrogens with one attached hydrogen (secondary N) is 1. The van der Waals surface area contributed by atoms with Crippen molar-refractivity contribution in [3.8, 4) is 0 Å². The first-order valence-electron chi connectivity index (χ1n) is 6.11. The van der Waals surface area contributed by atoms with Crippen molar-refractivity contribution in [3.05, 3.63) is 11.8 Å². The van der Waals surface area contributed by atoms with E-state index in [0.29, 0.717) is 13.1 Å². The van der Waals surface area contributed by atoms with Gasteiger partial charge in [0.15, 0.2) is 12.6 Å². The van der Waals surface area contributed by atoms with Crippen molar-refractivity contribution in [3.63, 3.8) is 0 Å². The Kier molecular flexibility index (Phi) is 10.4. The third kappa shape index (κ3) is 8.72. The van der Waals surface area contributed by atoms with Crippen LogP contribution in [0, 0.1) is 0 Å². The SMILES string of the molecule is COC(CN=C(C)C=C(C)NCC(OC)OC)OC. The third-order valence-electron chi connectivity index (χ3n) is 2.51. The van der Waals surface area contributed by atoms with Crippen molar-refractivity contribution < 1.29 is 18.9 Å². The highest BCUT2D eigenvalue weighted by atomic mass is 16.7. The zero-order valence-corrected chi connectivity index (χ0v) is 12.7. The van der Waals surface area contributed by atoms with E-state index in [4.69, 9.17) is 18.9 Å². The number of methoxy groups -OCH3 is 4. The molecule has 19 heavy (non-hydrogen) atoms. The van der Waals surface area contributed by atoms with Crippen LogP contribution in [0.3, 0.4) is 0 Å². The van der Waals surface area contributed by atoms with Crippen molar-refractivity contribution >= 4 is 5.71 Å². The lowest BCUT2D eigenvalue weighted by Crippen LogP contribution is -2.28. The summed E-state index contributed by atoms with van der Waals surface area (Å²) in [5.41, 5.74) is 1.89. The van der Waals surface area contributed by atoms with Gasteiger partial charge in [0, 0.05) is 39.8 Å². The standard InChI is InChI=1S/C13H26N2O4/c1-10(14-8-12(16-3)17-4)7-11(2)15-9-13(18-5)19-6/h7,12-14H,8-9H2,1-6H3. The van der Waals surface area contributed by atoms with E-state index in [1.165, 1.54) is 0 Å². The van der Waals surface area contributed by atoms with Crippen LogP contribution in [0.1, 0.15) is 13.8 Å². The molecule has 0 atom stereocenters. The highest BCUT2D eigenvalue weighted by molar-refractivity contribution is 5.93. The lowest BCUT2D eigenvalue weighted by molar-refractivity contribution is -0.0975. The van der Waals surface area contributed by atoms with Gasteiger partial charge in [-0.2, -0.15) is 0 Å². The van der Waals surface area contributed by atoms with Gasteiger partial charge >= 0.3 is 0 Å². The van der Waals surface area contributed by atoms with Crippen LogP contribution in [0.2, 0.25) is 0 Å². The maximum absolute atomic E-state index is 5.09. The molecule has 0 saturated carbocycles. The Morgan fingerprint density at radius 1 is 1.00 bits per heavy atom. The predicted octanol–water partition coefficient (Wildman–Crippen LogP) is 1.18. The summed E-state index contributed by atoms with van der Waals surface area (Å²) in [5.74, 6) is 0. The van der Waals surface area contributed by atoms with E-state index in [2.05, 4.69) is 10.3 Å². The fourth-order valence-electron chi connectivity index (χ4n) is 1.38. The van der Waals surface area contributed by atoms with Crippen molar-refractivity contribution in [1.29, 1.82) is 0 Å². The molecule has 112 valence electrons. The van der Waals surface area contributed by atoms with Crippen LogP contribution in [0.25, 0.3) is 0 Å². The van der Waals surface area contributed by atoms with Gasteiger partial charge in [0.05, 0.1) is 13.1 Å². The predicted molar refractivity (Wildman–Crippen MR) is 75.3 cm³/mol. The fraction of sp³-hybridized carbons (Fsp3) is 0.769. The Morgan fingerprint density at radius 3 is 2.00 bits per heavy atom. The summed E-state index contributed by atoms with van der Waals surface area (Å²) in [6.45, 7) is 4.95. The van der Waals surface area contributed by atoms with Gasteiger partial charge in [0.25, 0.3) is 0 Å². The molecule has 0 unspecified atom stereocenters. The smallest absolute Gasteiger partial charge is 0.176 e. The highest BCUT2D eigenvalue weighted by Gasteiger charge is 2.04. The van der Waals surface area contributed by atoms with E-state index in [9.17, 15) is 0 Å². The number of nitrogens with zero attached hydrogens (tertiary/aromatic N) is 1. The quantitative estimate of drug-likeness (QED) is 0.479. The Balaban J connectivity index is 4.22. The minimum absolute atomic E-state index is 0.257. The number of rotatable bonds is 10. The van der Waals surface area contributed by atoms with Crippen LogP contribution in [-0.2, 0) is 18.9 Å². The van der Waals surface area contributed by atoms with Gasteiger partial charge in [0.2, 0.25) is 0 Å². The number of hydrogen-bond donors (Lipinski definition) is 1. The zero-order valence-electron chi connectivity index (χ0n) is 12.7. The Hall–Kier alpha value is -0.950. The van der Waals surface area contributed by atoms with Crippen LogP contribution in [0.4, 0.5) is 0 Å². The lowest BCUT2D eigenvalue weighted by Gasteiger charge is -2.15. The third-order valence-corrected chi connectivity index (χ3v) is 2.51. The molecule has 6 heteroatoms. The molecular weight excluding hydrogens is 248 g/mol. The first-order chi connectivity index (χ1) is 9.07. The number of hydrogen-bond acceptors (Lipinski definition) is 6. The Bertz CT molecular complexity index is 284. The van der Waals surface area contributed by atoms with Crippen LogP contribution >= 0.6 is 0 Å². The van der Waals surface area contributed by atoms with E-state index < -0.39 is 0 Å². The second kappa shape index (κ2) is 10.9. The molecule has 0 aromatic rings.